The van der Waals surface area contributed by atoms with Gasteiger partial charge in [0.2, 0.25) is 5.76 Å². The number of carbonyl (C=O) groups is 1. The van der Waals surface area contributed by atoms with E-state index in [0.29, 0.717) is 11.6 Å². The van der Waals surface area contributed by atoms with Gasteiger partial charge in [-0.3, -0.25) is 4.79 Å². The molecule has 0 radical (unpaired) electrons. The SMILES string of the molecule is Cc1nc(C)c(C(=O)Nc2ccc3c(c2)CC(C)O3)o1. The normalized spacial score (nSPS) is 16.6. The summed E-state index contributed by atoms with van der Waals surface area (Å²) in [6, 6.07) is 5.65. The van der Waals surface area contributed by atoms with E-state index in [1.165, 1.54) is 0 Å². The number of carbonyl (C=O) groups excluding carboxylic acids is 1. The number of nitrogens with one attached hydrogen (secondary N) is 1. The van der Waals surface area contributed by atoms with Crippen LogP contribution >= 0.6 is 0 Å². The molecule has 1 N–H and O–H groups in total. The minimum absolute atomic E-state index is 0.190. The van der Waals surface area contributed by atoms with Crippen LogP contribution in [-0.4, -0.2) is 17.0 Å². The van der Waals surface area contributed by atoms with Crippen molar-refractivity contribution in [3.63, 3.8) is 0 Å². The lowest BCUT2D eigenvalue weighted by Gasteiger charge is -2.05. The number of nitrogens with zero attached hydrogens (tertiary/aromatic N) is 1. The van der Waals surface area contributed by atoms with Crippen molar-refractivity contribution >= 4 is 11.6 Å². The minimum atomic E-state index is -0.282. The standard InChI is InChI=1S/C15H16N2O3/c1-8-6-11-7-12(4-5-13(11)19-8)17-15(18)14-9(2)16-10(3)20-14/h4-5,7-8H,6H2,1-3H3,(H,17,18). The van der Waals surface area contributed by atoms with Gasteiger partial charge >= 0.3 is 0 Å². The molecular weight excluding hydrogens is 256 g/mol. The van der Waals surface area contributed by atoms with Gasteiger partial charge in [-0.15, -0.1) is 0 Å². The molecule has 104 valence electrons. The first-order valence-corrected chi connectivity index (χ1v) is 6.58. The Morgan fingerprint density at radius 1 is 1.40 bits per heavy atom. The van der Waals surface area contributed by atoms with Gasteiger partial charge in [0.25, 0.3) is 5.91 Å². The lowest BCUT2D eigenvalue weighted by Crippen LogP contribution is -2.12. The predicted octanol–water partition coefficient (Wildman–Crippen LogP) is 2.87. The Balaban J connectivity index is 1.80. The van der Waals surface area contributed by atoms with Gasteiger partial charge in [0, 0.05) is 19.0 Å². The summed E-state index contributed by atoms with van der Waals surface area (Å²) in [5.41, 5.74) is 2.44. The third kappa shape index (κ3) is 2.27. The van der Waals surface area contributed by atoms with E-state index in [0.717, 1.165) is 23.4 Å². The fraction of sp³-hybridized carbons (Fsp3) is 0.333. The topological polar surface area (TPSA) is 64.4 Å². The van der Waals surface area contributed by atoms with Crippen molar-refractivity contribution in [2.24, 2.45) is 0 Å². The van der Waals surface area contributed by atoms with E-state index in [9.17, 15) is 4.79 Å². The lowest BCUT2D eigenvalue weighted by molar-refractivity contribution is 0.0994. The highest BCUT2D eigenvalue weighted by atomic mass is 16.5. The molecule has 1 aliphatic heterocycles. The molecule has 0 spiro atoms. The Morgan fingerprint density at radius 3 is 2.90 bits per heavy atom. The predicted molar refractivity (Wildman–Crippen MR) is 74.2 cm³/mol. The van der Waals surface area contributed by atoms with Crippen molar-refractivity contribution in [2.45, 2.75) is 33.3 Å². The molecule has 2 aromatic rings. The van der Waals surface area contributed by atoms with Crippen molar-refractivity contribution in [1.29, 1.82) is 0 Å². The Kier molecular flexibility index (Phi) is 2.97. The zero-order valence-electron chi connectivity index (χ0n) is 11.7. The first-order chi connectivity index (χ1) is 9.52. The fourth-order valence-electron chi connectivity index (χ4n) is 2.43. The Bertz CT molecular complexity index is 676. The molecule has 1 aliphatic rings. The number of anilines is 1. The van der Waals surface area contributed by atoms with Crippen LogP contribution in [0.2, 0.25) is 0 Å². The first kappa shape index (κ1) is 12.7. The van der Waals surface area contributed by atoms with Crippen LogP contribution in [0.1, 0.15) is 34.6 Å². The van der Waals surface area contributed by atoms with Crippen molar-refractivity contribution in [2.75, 3.05) is 5.32 Å². The van der Waals surface area contributed by atoms with Crippen LogP contribution in [0.5, 0.6) is 5.75 Å². The van der Waals surface area contributed by atoms with E-state index >= 15 is 0 Å². The Labute approximate surface area is 117 Å². The number of ether oxygens (including phenoxy) is 1. The van der Waals surface area contributed by atoms with Crippen LogP contribution in [0.4, 0.5) is 5.69 Å². The van der Waals surface area contributed by atoms with Crippen molar-refractivity contribution in [1.82, 2.24) is 4.98 Å². The molecule has 1 aromatic carbocycles. The summed E-state index contributed by atoms with van der Waals surface area (Å²) in [5.74, 6) is 1.36. The van der Waals surface area contributed by atoms with Gasteiger partial charge in [0.15, 0.2) is 5.89 Å². The zero-order valence-corrected chi connectivity index (χ0v) is 11.7. The third-order valence-corrected chi connectivity index (χ3v) is 3.26. The highest BCUT2D eigenvalue weighted by Gasteiger charge is 2.20. The van der Waals surface area contributed by atoms with Crippen LogP contribution in [0.15, 0.2) is 22.6 Å². The molecule has 0 bridgehead atoms. The highest BCUT2D eigenvalue weighted by Crippen LogP contribution is 2.31. The number of amides is 1. The molecule has 1 unspecified atom stereocenters. The summed E-state index contributed by atoms with van der Waals surface area (Å²) in [4.78, 5) is 16.2. The molecule has 3 rings (SSSR count). The maximum Gasteiger partial charge on any atom is 0.293 e. The van der Waals surface area contributed by atoms with E-state index in [4.69, 9.17) is 9.15 Å². The average Bonchev–Trinajstić information content (AvgIpc) is 2.90. The number of aromatic nitrogens is 1. The summed E-state index contributed by atoms with van der Waals surface area (Å²) in [6.45, 7) is 5.50. The first-order valence-electron chi connectivity index (χ1n) is 6.58. The van der Waals surface area contributed by atoms with E-state index in [1.54, 1.807) is 13.8 Å². The van der Waals surface area contributed by atoms with Crippen molar-refractivity contribution < 1.29 is 13.9 Å². The molecule has 5 nitrogen and oxygen atoms in total. The molecule has 2 heterocycles. The van der Waals surface area contributed by atoms with Gasteiger partial charge in [0.1, 0.15) is 11.9 Å². The molecule has 0 saturated heterocycles. The summed E-state index contributed by atoms with van der Waals surface area (Å²) in [6.07, 6.45) is 1.05. The van der Waals surface area contributed by atoms with E-state index in [-0.39, 0.29) is 17.8 Å². The third-order valence-electron chi connectivity index (χ3n) is 3.26. The largest absolute Gasteiger partial charge is 0.490 e. The van der Waals surface area contributed by atoms with E-state index in [2.05, 4.69) is 10.3 Å². The van der Waals surface area contributed by atoms with Crippen LogP contribution in [0, 0.1) is 13.8 Å². The monoisotopic (exact) mass is 272 g/mol. The van der Waals surface area contributed by atoms with Crippen LogP contribution in [0.3, 0.4) is 0 Å². The minimum Gasteiger partial charge on any atom is -0.490 e. The smallest absolute Gasteiger partial charge is 0.293 e. The number of aryl methyl sites for hydroxylation is 2. The lowest BCUT2D eigenvalue weighted by atomic mass is 10.1. The quantitative estimate of drug-likeness (QED) is 0.913. The second-order valence-electron chi connectivity index (χ2n) is 5.06. The highest BCUT2D eigenvalue weighted by molar-refractivity contribution is 6.03. The molecular formula is C15H16N2O3. The maximum absolute atomic E-state index is 12.1. The second kappa shape index (κ2) is 4.67. The average molecular weight is 272 g/mol. The van der Waals surface area contributed by atoms with Gasteiger partial charge in [-0.1, -0.05) is 0 Å². The molecule has 0 fully saturated rings. The molecule has 1 amide bonds. The Morgan fingerprint density at radius 2 is 2.20 bits per heavy atom. The van der Waals surface area contributed by atoms with Gasteiger partial charge in [-0.2, -0.15) is 0 Å². The summed E-state index contributed by atoms with van der Waals surface area (Å²) in [5, 5.41) is 2.83. The molecule has 5 heteroatoms. The summed E-state index contributed by atoms with van der Waals surface area (Å²) < 4.78 is 10.9. The van der Waals surface area contributed by atoms with Gasteiger partial charge in [-0.25, -0.2) is 4.98 Å². The van der Waals surface area contributed by atoms with Crippen molar-refractivity contribution in [3.05, 3.63) is 41.1 Å². The molecule has 0 saturated carbocycles. The fourth-order valence-corrected chi connectivity index (χ4v) is 2.43. The van der Waals surface area contributed by atoms with Gasteiger partial charge < -0.3 is 14.5 Å². The summed E-state index contributed by atoms with van der Waals surface area (Å²) >= 11 is 0. The zero-order chi connectivity index (χ0) is 14.3. The van der Waals surface area contributed by atoms with Gasteiger partial charge in [-0.05, 0) is 37.6 Å². The summed E-state index contributed by atoms with van der Waals surface area (Å²) in [7, 11) is 0. The van der Waals surface area contributed by atoms with Crippen molar-refractivity contribution in [3.8, 4) is 5.75 Å². The molecule has 1 atom stereocenters. The van der Waals surface area contributed by atoms with Gasteiger partial charge in [0.05, 0.1) is 5.69 Å². The van der Waals surface area contributed by atoms with Crippen LogP contribution in [-0.2, 0) is 6.42 Å². The van der Waals surface area contributed by atoms with E-state index < -0.39 is 0 Å². The number of hydrogen-bond donors (Lipinski definition) is 1. The number of benzene rings is 1. The molecule has 20 heavy (non-hydrogen) atoms. The number of oxazole rings is 1. The number of fused-ring (bicyclic) bond motifs is 1. The number of rotatable bonds is 2. The Hall–Kier alpha value is -2.30. The molecule has 1 aromatic heterocycles. The van der Waals surface area contributed by atoms with Crippen LogP contribution < -0.4 is 10.1 Å². The number of hydrogen-bond acceptors (Lipinski definition) is 4. The maximum atomic E-state index is 12.1. The van der Waals surface area contributed by atoms with Crippen LogP contribution in [0.25, 0.3) is 0 Å². The second-order valence-corrected chi connectivity index (χ2v) is 5.06. The molecule has 0 aliphatic carbocycles. The van der Waals surface area contributed by atoms with E-state index in [1.807, 2.05) is 25.1 Å².